The van der Waals surface area contributed by atoms with Gasteiger partial charge in [0.15, 0.2) is 5.78 Å². The number of nitrogens with zero attached hydrogens (tertiary/aromatic N) is 1. The second-order valence-corrected chi connectivity index (χ2v) is 6.64. The summed E-state index contributed by atoms with van der Waals surface area (Å²) in [5.41, 5.74) is 1.72. The van der Waals surface area contributed by atoms with E-state index in [1.54, 1.807) is 0 Å². The number of aryl methyl sites for hydroxylation is 2. The van der Waals surface area contributed by atoms with Gasteiger partial charge in [-0.05, 0) is 30.0 Å². The quantitative estimate of drug-likeness (QED) is 0.655. The first kappa shape index (κ1) is 17.6. The molecule has 134 valence electrons. The fourth-order valence-electron chi connectivity index (χ4n) is 3.52. The van der Waals surface area contributed by atoms with Crippen LogP contribution in [0, 0.1) is 0 Å². The molecule has 1 spiro atoms. The van der Waals surface area contributed by atoms with Crippen molar-refractivity contribution < 1.29 is 19.1 Å². The molecule has 2 aliphatic rings. The highest BCUT2D eigenvalue weighted by atomic mass is 16.5. The molecule has 1 aromatic carbocycles. The standard InChI is InChI=1S/C19H24N2O4/c1-3-13-5-6-14(4-2)15(11-13)16(22)12-21-17(23)19(20-18(21)24)7-9-25-10-8-19/h5-6,11H,3-4,7-10,12H2,1-2H3,(H,20,24). The summed E-state index contributed by atoms with van der Waals surface area (Å²) < 4.78 is 5.29. The molecule has 3 rings (SSSR count). The first-order chi connectivity index (χ1) is 12.0. The van der Waals surface area contributed by atoms with Crippen LogP contribution in [0.15, 0.2) is 18.2 Å². The Morgan fingerprint density at radius 2 is 1.92 bits per heavy atom. The van der Waals surface area contributed by atoms with Gasteiger partial charge in [-0.1, -0.05) is 26.0 Å². The number of ketones is 1. The number of urea groups is 1. The minimum Gasteiger partial charge on any atom is -0.381 e. The Balaban J connectivity index is 1.81. The van der Waals surface area contributed by atoms with Gasteiger partial charge in [0.25, 0.3) is 5.91 Å². The molecule has 0 aromatic heterocycles. The number of Topliss-reactive ketones (excluding diaryl/α,β-unsaturated/α-hetero) is 1. The Morgan fingerprint density at radius 3 is 2.56 bits per heavy atom. The molecule has 6 nitrogen and oxygen atoms in total. The third-order valence-electron chi connectivity index (χ3n) is 5.16. The van der Waals surface area contributed by atoms with Gasteiger partial charge in [0, 0.05) is 31.6 Å². The Labute approximate surface area is 147 Å². The summed E-state index contributed by atoms with van der Waals surface area (Å²) in [6, 6.07) is 5.37. The number of imide groups is 1. The zero-order chi connectivity index (χ0) is 18.0. The summed E-state index contributed by atoms with van der Waals surface area (Å²) in [5.74, 6) is -0.501. The third kappa shape index (κ3) is 3.18. The number of hydrogen-bond acceptors (Lipinski definition) is 4. The number of benzene rings is 1. The van der Waals surface area contributed by atoms with Crippen molar-refractivity contribution in [3.63, 3.8) is 0 Å². The van der Waals surface area contributed by atoms with Crippen LogP contribution in [0.2, 0.25) is 0 Å². The summed E-state index contributed by atoms with van der Waals surface area (Å²) in [4.78, 5) is 38.9. The van der Waals surface area contributed by atoms with Gasteiger partial charge in [0.1, 0.15) is 5.54 Å². The molecular weight excluding hydrogens is 320 g/mol. The van der Waals surface area contributed by atoms with E-state index in [0.29, 0.717) is 31.6 Å². The first-order valence-corrected chi connectivity index (χ1v) is 8.87. The number of hydrogen-bond donors (Lipinski definition) is 1. The molecule has 0 unspecified atom stereocenters. The lowest BCUT2D eigenvalue weighted by atomic mass is 9.90. The Hall–Kier alpha value is -2.21. The van der Waals surface area contributed by atoms with Crippen LogP contribution in [0.1, 0.15) is 48.2 Å². The monoisotopic (exact) mass is 344 g/mol. The molecule has 1 aromatic rings. The average molecular weight is 344 g/mol. The van der Waals surface area contributed by atoms with E-state index in [-0.39, 0.29) is 18.2 Å². The van der Waals surface area contributed by atoms with Crippen molar-refractivity contribution in [3.05, 3.63) is 34.9 Å². The highest BCUT2D eigenvalue weighted by molar-refractivity contribution is 6.11. The Kier molecular flexibility index (Phi) is 4.90. The maximum absolute atomic E-state index is 12.8. The van der Waals surface area contributed by atoms with E-state index in [2.05, 4.69) is 5.32 Å². The van der Waals surface area contributed by atoms with E-state index in [1.165, 1.54) is 0 Å². The summed E-state index contributed by atoms with van der Waals surface area (Å²) in [7, 11) is 0. The van der Waals surface area contributed by atoms with Gasteiger partial charge in [-0.2, -0.15) is 0 Å². The number of nitrogens with one attached hydrogen (secondary N) is 1. The SMILES string of the molecule is CCc1ccc(CC)c(C(=O)CN2C(=O)NC3(CCOCC3)C2=O)c1. The van der Waals surface area contributed by atoms with Crippen LogP contribution in [0.25, 0.3) is 0 Å². The minimum absolute atomic E-state index is 0.195. The van der Waals surface area contributed by atoms with Gasteiger partial charge in [-0.15, -0.1) is 0 Å². The van der Waals surface area contributed by atoms with E-state index in [1.807, 2.05) is 32.0 Å². The van der Waals surface area contributed by atoms with E-state index in [9.17, 15) is 14.4 Å². The van der Waals surface area contributed by atoms with Crippen LogP contribution in [0.5, 0.6) is 0 Å². The van der Waals surface area contributed by atoms with Gasteiger partial charge >= 0.3 is 6.03 Å². The molecule has 6 heteroatoms. The molecule has 2 saturated heterocycles. The molecule has 25 heavy (non-hydrogen) atoms. The summed E-state index contributed by atoms with van der Waals surface area (Å²) in [6.07, 6.45) is 2.46. The maximum atomic E-state index is 12.8. The molecule has 0 radical (unpaired) electrons. The van der Waals surface area contributed by atoms with Crippen molar-refractivity contribution in [2.75, 3.05) is 19.8 Å². The van der Waals surface area contributed by atoms with Crippen molar-refractivity contribution in [2.45, 2.75) is 45.1 Å². The van der Waals surface area contributed by atoms with E-state index in [0.717, 1.165) is 28.9 Å². The molecule has 0 aliphatic carbocycles. The number of carbonyl (C=O) groups excluding carboxylic acids is 3. The molecule has 0 atom stereocenters. The van der Waals surface area contributed by atoms with Crippen LogP contribution in [-0.2, 0) is 22.4 Å². The van der Waals surface area contributed by atoms with E-state index >= 15 is 0 Å². The molecule has 2 fully saturated rings. The molecule has 1 N–H and O–H groups in total. The average Bonchev–Trinajstić information content (AvgIpc) is 2.85. The molecule has 0 bridgehead atoms. The fraction of sp³-hybridized carbons (Fsp3) is 0.526. The van der Waals surface area contributed by atoms with Gasteiger partial charge in [0.2, 0.25) is 0 Å². The Bertz CT molecular complexity index is 707. The molecule has 2 heterocycles. The highest BCUT2D eigenvalue weighted by Crippen LogP contribution is 2.28. The maximum Gasteiger partial charge on any atom is 0.325 e. The minimum atomic E-state index is -0.894. The van der Waals surface area contributed by atoms with E-state index in [4.69, 9.17) is 4.74 Å². The van der Waals surface area contributed by atoms with Crippen molar-refractivity contribution in [1.29, 1.82) is 0 Å². The number of rotatable bonds is 5. The predicted molar refractivity (Wildman–Crippen MR) is 92.6 cm³/mol. The zero-order valence-corrected chi connectivity index (χ0v) is 14.8. The smallest absolute Gasteiger partial charge is 0.325 e. The van der Waals surface area contributed by atoms with Crippen molar-refractivity contribution >= 4 is 17.7 Å². The second-order valence-electron chi connectivity index (χ2n) is 6.64. The van der Waals surface area contributed by atoms with Crippen LogP contribution >= 0.6 is 0 Å². The summed E-state index contributed by atoms with van der Waals surface area (Å²) in [6.45, 7) is 4.68. The lowest BCUT2D eigenvalue weighted by Gasteiger charge is -2.30. The number of carbonyl (C=O) groups is 3. The lowest BCUT2D eigenvalue weighted by Crippen LogP contribution is -2.51. The van der Waals surface area contributed by atoms with E-state index < -0.39 is 11.6 Å². The highest BCUT2D eigenvalue weighted by Gasteiger charge is 2.52. The van der Waals surface area contributed by atoms with Gasteiger partial charge < -0.3 is 10.1 Å². The van der Waals surface area contributed by atoms with Gasteiger partial charge in [0.05, 0.1) is 6.54 Å². The molecular formula is C19H24N2O4. The normalized spacial score (nSPS) is 19.4. The van der Waals surface area contributed by atoms with Crippen molar-refractivity contribution in [1.82, 2.24) is 10.2 Å². The van der Waals surface area contributed by atoms with Crippen LogP contribution in [0.3, 0.4) is 0 Å². The summed E-state index contributed by atoms with van der Waals surface area (Å²) >= 11 is 0. The summed E-state index contributed by atoms with van der Waals surface area (Å²) in [5, 5.41) is 2.78. The van der Waals surface area contributed by atoms with Gasteiger partial charge in [-0.25, -0.2) is 4.79 Å². The number of amides is 3. The topological polar surface area (TPSA) is 75.7 Å². The fourth-order valence-corrected chi connectivity index (χ4v) is 3.52. The zero-order valence-electron chi connectivity index (χ0n) is 14.8. The largest absolute Gasteiger partial charge is 0.381 e. The van der Waals surface area contributed by atoms with Gasteiger partial charge in [-0.3, -0.25) is 14.5 Å². The van der Waals surface area contributed by atoms with Crippen LogP contribution < -0.4 is 5.32 Å². The van der Waals surface area contributed by atoms with Crippen LogP contribution in [-0.4, -0.2) is 47.9 Å². The van der Waals surface area contributed by atoms with Crippen molar-refractivity contribution in [2.24, 2.45) is 0 Å². The molecule has 2 aliphatic heterocycles. The lowest BCUT2D eigenvalue weighted by molar-refractivity contribution is -0.134. The second kappa shape index (κ2) is 6.96. The number of ether oxygens (including phenoxy) is 1. The Morgan fingerprint density at radius 1 is 1.20 bits per heavy atom. The predicted octanol–water partition coefficient (Wildman–Crippen LogP) is 2.10. The van der Waals surface area contributed by atoms with Crippen LogP contribution in [0.4, 0.5) is 4.79 Å². The molecule has 3 amide bonds. The van der Waals surface area contributed by atoms with Crippen molar-refractivity contribution in [3.8, 4) is 0 Å². The first-order valence-electron chi connectivity index (χ1n) is 8.87. The molecule has 0 saturated carbocycles. The third-order valence-corrected chi connectivity index (χ3v) is 5.16.